The van der Waals surface area contributed by atoms with Gasteiger partial charge in [-0.2, -0.15) is 0 Å². The fourth-order valence-electron chi connectivity index (χ4n) is 1.65. The van der Waals surface area contributed by atoms with Crippen LogP contribution in [0.5, 0.6) is 5.75 Å². The van der Waals surface area contributed by atoms with Crippen LogP contribution in [0.25, 0.3) is 6.08 Å². The molecule has 0 aromatic heterocycles. The molecule has 0 heterocycles. The molecule has 3 heteroatoms. The third-order valence-corrected chi connectivity index (χ3v) is 2.56. The molecule has 2 N–H and O–H groups in total. The van der Waals surface area contributed by atoms with Gasteiger partial charge in [0.05, 0.1) is 13.2 Å². The number of rotatable bonds is 6. The van der Waals surface area contributed by atoms with Gasteiger partial charge in [0.1, 0.15) is 5.75 Å². The molecule has 0 spiro atoms. The van der Waals surface area contributed by atoms with Crippen LogP contribution in [-0.4, -0.2) is 13.2 Å². The van der Waals surface area contributed by atoms with Crippen molar-refractivity contribution in [3.05, 3.63) is 34.9 Å². The number of ether oxygens (including phenoxy) is 1. The molecule has 0 saturated carbocycles. The maximum absolute atomic E-state index is 5.55. The van der Waals surface area contributed by atoms with Gasteiger partial charge in [-0.1, -0.05) is 12.2 Å². The average Bonchev–Trinajstić information content (AvgIpc) is 2.30. The lowest BCUT2D eigenvalue weighted by molar-refractivity contribution is 0.143. The zero-order valence-electron chi connectivity index (χ0n) is 10.8. The second-order valence-corrected chi connectivity index (χ2v) is 3.97. The average molecular weight is 235 g/mol. The predicted molar refractivity (Wildman–Crippen MR) is 70.9 cm³/mol. The van der Waals surface area contributed by atoms with Crippen LogP contribution in [0.2, 0.25) is 0 Å². The first-order chi connectivity index (χ1) is 8.19. The number of benzene rings is 1. The fourth-order valence-corrected chi connectivity index (χ4v) is 1.65. The summed E-state index contributed by atoms with van der Waals surface area (Å²) in [4.78, 5) is 4.51. The van der Waals surface area contributed by atoms with Crippen molar-refractivity contribution in [2.24, 2.45) is 5.90 Å². The summed E-state index contributed by atoms with van der Waals surface area (Å²) in [5.41, 5.74) is 3.58. The molecule has 0 amide bonds. The van der Waals surface area contributed by atoms with Gasteiger partial charge >= 0.3 is 0 Å². The summed E-state index contributed by atoms with van der Waals surface area (Å²) in [6.07, 6.45) is 4.98. The SMILES string of the molecule is CCOc1cc(C)c(/C=C/CCON)cc1C. The van der Waals surface area contributed by atoms with E-state index in [1.807, 2.05) is 6.92 Å². The smallest absolute Gasteiger partial charge is 0.122 e. The van der Waals surface area contributed by atoms with Gasteiger partial charge in [-0.05, 0) is 56.0 Å². The Labute approximate surface area is 103 Å². The Morgan fingerprint density at radius 1 is 1.24 bits per heavy atom. The van der Waals surface area contributed by atoms with Crippen LogP contribution in [0, 0.1) is 13.8 Å². The Kier molecular flexibility index (Phi) is 5.73. The van der Waals surface area contributed by atoms with Gasteiger partial charge < -0.3 is 9.57 Å². The highest BCUT2D eigenvalue weighted by Crippen LogP contribution is 2.23. The van der Waals surface area contributed by atoms with Gasteiger partial charge in [0.25, 0.3) is 0 Å². The predicted octanol–water partition coefficient (Wildman–Crippen LogP) is 3.00. The molecule has 17 heavy (non-hydrogen) atoms. The second kappa shape index (κ2) is 7.09. The Morgan fingerprint density at radius 3 is 2.65 bits per heavy atom. The van der Waals surface area contributed by atoms with Crippen molar-refractivity contribution in [3.63, 3.8) is 0 Å². The lowest BCUT2D eigenvalue weighted by Gasteiger charge is -2.10. The van der Waals surface area contributed by atoms with Crippen LogP contribution < -0.4 is 10.6 Å². The number of hydrogen-bond donors (Lipinski definition) is 1. The normalized spacial score (nSPS) is 11.1. The number of aryl methyl sites for hydroxylation is 2. The van der Waals surface area contributed by atoms with Crippen molar-refractivity contribution in [1.82, 2.24) is 0 Å². The molecule has 1 aromatic carbocycles. The number of nitrogens with two attached hydrogens (primary N) is 1. The van der Waals surface area contributed by atoms with E-state index in [0.29, 0.717) is 13.2 Å². The topological polar surface area (TPSA) is 44.5 Å². The van der Waals surface area contributed by atoms with E-state index in [1.165, 1.54) is 11.1 Å². The summed E-state index contributed by atoms with van der Waals surface area (Å²) in [5.74, 6) is 5.93. The Bertz CT molecular complexity index is 386. The van der Waals surface area contributed by atoms with E-state index in [9.17, 15) is 0 Å². The number of hydrogen-bond acceptors (Lipinski definition) is 3. The van der Waals surface area contributed by atoms with E-state index in [2.05, 4.69) is 43.0 Å². The summed E-state index contributed by atoms with van der Waals surface area (Å²) >= 11 is 0. The van der Waals surface area contributed by atoms with Crippen LogP contribution in [0.4, 0.5) is 0 Å². The van der Waals surface area contributed by atoms with Crippen LogP contribution in [0.3, 0.4) is 0 Å². The van der Waals surface area contributed by atoms with E-state index in [-0.39, 0.29) is 0 Å². The molecule has 0 aliphatic rings. The zero-order valence-corrected chi connectivity index (χ0v) is 10.8. The maximum Gasteiger partial charge on any atom is 0.122 e. The minimum atomic E-state index is 0.547. The molecule has 0 radical (unpaired) electrons. The minimum Gasteiger partial charge on any atom is -0.494 e. The van der Waals surface area contributed by atoms with Crippen molar-refractivity contribution < 1.29 is 9.57 Å². The third-order valence-electron chi connectivity index (χ3n) is 2.56. The molecule has 0 atom stereocenters. The standard InChI is InChI=1S/C14H21NO2/c1-4-16-14-10-11(2)13(9-12(14)3)7-5-6-8-17-15/h5,7,9-10H,4,6,8,15H2,1-3H3/b7-5+. The molecule has 0 saturated heterocycles. The molecule has 94 valence electrons. The molecule has 0 bridgehead atoms. The molecule has 0 unspecified atom stereocenters. The highest BCUT2D eigenvalue weighted by atomic mass is 16.6. The Balaban J connectivity index is 2.80. The molecular weight excluding hydrogens is 214 g/mol. The van der Waals surface area contributed by atoms with Gasteiger partial charge in [-0.25, -0.2) is 5.90 Å². The van der Waals surface area contributed by atoms with E-state index < -0.39 is 0 Å². The van der Waals surface area contributed by atoms with Crippen LogP contribution in [-0.2, 0) is 4.84 Å². The Hall–Kier alpha value is -1.32. The van der Waals surface area contributed by atoms with Crippen molar-refractivity contribution in [1.29, 1.82) is 0 Å². The van der Waals surface area contributed by atoms with Gasteiger partial charge in [-0.15, -0.1) is 0 Å². The molecule has 0 aliphatic heterocycles. The molecule has 3 nitrogen and oxygen atoms in total. The van der Waals surface area contributed by atoms with Crippen molar-refractivity contribution in [3.8, 4) is 5.75 Å². The lowest BCUT2D eigenvalue weighted by atomic mass is 10.0. The summed E-state index contributed by atoms with van der Waals surface area (Å²) in [7, 11) is 0. The van der Waals surface area contributed by atoms with Gasteiger partial charge in [-0.3, -0.25) is 0 Å². The summed E-state index contributed by atoms with van der Waals surface area (Å²) in [6.45, 7) is 7.39. The fraction of sp³-hybridized carbons (Fsp3) is 0.429. The third kappa shape index (κ3) is 4.21. The molecule has 0 fully saturated rings. The van der Waals surface area contributed by atoms with Gasteiger partial charge in [0, 0.05) is 0 Å². The second-order valence-electron chi connectivity index (χ2n) is 3.97. The van der Waals surface area contributed by atoms with Crippen LogP contribution in [0.15, 0.2) is 18.2 Å². The first-order valence-corrected chi connectivity index (χ1v) is 5.91. The highest BCUT2D eigenvalue weighted by Gasteiger charge is 2.02. The monoisotopic (exact) mass is 235 g/mol. The lowest BCUT2D eigenvalue weighted by Crippen LogP contribution is -1.99. The minimum absolute atomic E-state index is 0.547. The van der Waals surface area contributed by atoms with Crippen LogP contribution in [0.1, 0.15) is 30.0 Å². The highest BCUT2D eigenvalue weighted by molar-refractivity contribution is 5.57. The summed E-state index contributed by atoms with van der Waals surface area (Å²) in [5, 5.41) is 0. The van der Waals surface area contributed by atoms with E-state index in [1.54, 1.807) is 0 Å². The quantitative estimate of drug-likeness (QED) is 0.609. The first-order valence-electron chi connectivity index (χ1n) is 5.91. The maximum atomic E-state index is 5.55. The summed E-state index contributed by atoms with van der Waals surface area (Å²) in [6, 6.07) is 4.22. The van der Waals surface area contributed by atoms with Crippen LogP contribution >= 0.6 is 0 Å². The van der Waals surface area contributed by atoms with E-state index >= 15 is 0 Å². The Morgan fingerprint density at radius 2 is 2.00 bits per heavy atom. The van der Waals surface area contributed by atoms with Gasteiger partial charge in [0.15, 0.2) is 0 Å². The molecule has 0 aliphatic carbocycles. The van der Waals surface area contributed by atoms with Gasteiger partial charge in [0.2, 0.25) is 0 Å². The van der Waals surface area contributed by atoms with E-state index in [4.69, 9.17) is 10.6 Å². The van der Waals surface area contributed by atoms with E-state index in [0.717, 1.165) is 17.7 Å². The molecular formula is C14H21NO2. The largest absolute Gasteiger partial charge is 0.494 e. The van der Waals surface area contributed by atoms with Crippen molar-refractivity contribution >= 4 is 6.08 Å². The van der Waals surface area contributed by atoms with Crippen molar-refractivity contribution in [2.45, 2.75) is 27.2 Å². The summed E-state index contributed by atoms with van der Waals surface area (Å²) < 4.78 is 5.55. The van der Waals surface area contributed by atoms with Crippen molar-refractivity contribution in [2.75, 3.05) is 13.2 Å². The zero-order chi connectivity index (χ0) is 12.7. The molecule has 1 rings (SSSR count). The first kappa shape index (κ1) is 13.7. The molecule has 1 aromatic rings.